The largest absolute Gasteiger partial charge is 1.00 e. The fourth-order valence-electron chi connectivity index (χ4n) is 3.75. The van der Waals surface area contributed by atoms with E-state index in [2.05, 4.69) is 61.1 Å². The first-order valence-electron chi connectivity index (χ1n) is 12.5. The van der Waals surface area contributed by atoms with E-state index < -0.39 is 12.1 Å². The summed E-state index contributed by atoms with van der Waals surface area (Å²) < 4.78 is 36.6. The van der Waals surface area contributed by atoms with Gasteiger partial charge in [0.25, 0.3) is 6.47 Å². The zero-order chi connectivity index (χ0) is 33.1. The Morgan fingerprint density at radius 2 is 1.09 bits per heavy atom. The third-order valence-electron chi connectivity index (χ3n) is 4.79. The number of rotatable bonds is 3. The van der Waals surface area contributed by atoms with Crippen molar-refractivity contribution in [3.8, 4) is 0 Å². The molecule has 18 heteroatoms. The standard InChI is InChI=1S/C11H19F3N2O.C10H21N.CH2O3.CH4O2.2CO2.2K.H/c1-10(2,3)8-15-4-6-16(7-5-15)9(17)11(12,13)14;1-10(2,3)9-11-7-5-4-6-8-11;2-1-4-3;1-3-2;2*2-1-3;;;/h4-8H2,1-3H3;4-9H2,1-3H3;1,3H;2H,1H3;;;;;/q;;;;;;2*+1;-1/p-1. The molecule has 2 aliphatic heterocycles. The maximum absolute atomic E-state index is 12.2. The van der Waals surface area contributed by atoms with E-state index in [1.807, 2.05) is 0 Å². The molecular weight excluding hydrogens is 637 g/mol. The second-order valence-electron chi connectivity index (χ2n) is 11.1. The number of hydrogen-bond donors (Lipinski definition) is 1. The number of nitrogens with zero attached hydrogens (tertiary/aromatic N) is 3. The number of halogens is 3. The van der Waals surface area contributed by atoms with Gasteiger partial charge in [-0.1, -0.05) is 48.0 Å². The van der Waals surface area contributed by atoms with Crippen LogP contribution in [-0.4, -0.2) is 110 Å². The number of hydrogen-bond acceptors (Lipinski definition) is 12. The molecule has 2 saturated heterocycles. The van der Waals surface area contributed by atoms with Crippen LogP contribution in [0.15, 0.2) is 0 Å². The molecular formula is C25H46F3K2N3O10. The van der Waals surface area contributed by atoms with Gasteiger partial charge < -0.3 is 21.4 Å². The van der Waals surface area contributed by atoms with Crippen LogP contribution in [0.1, 0.15) is 62.2 Å². The summed E-state index contributed by atoms with van der Waals surface area (Å²) in [5.41, 5.74) is 0.605. The van der Waals surface area contributed by atoms with Gasteiger partial charge in [-0.05, 0) is 36.8 Å². The topological polar surface area (TPSA) is 174 Å². The fraction of sp³-hybridized carbons (Fsp3) is 0.840. The maximum atomic E-state index is 12.2. The Hall–Kier alpha value is 0.563. The first-order valence-corrected chi connectivity index (χ1v) is 12.5. The molecule has 0 bridgehead atoms. The predicted octanol–water partition coefficient (Wildman–Crippen LogP) is -4.25. The number of alkyl halides is 3. The maximum Gasteiger partial charge on any atom is 1.00 e. The molecule has 13 nitrogen and oxygen atoms in total. The van der Waals surface area contributed by atoms with Crippen LogP contribution >= 0.6 is 0 Å². The van der Waals surface area contributed by atoms with E-state index >= 15 is 0 Å². The van der Waals surface area contributed by atoms with Crippen LogP contribution in [0.25, 0.3) is 0 Å². The number of piperazine rings is 1. The fourth-order valence-corrected chi connectivity index (χ4v) is 3.75. The van der Waals surface area contributed by atoms with Crippen LogP contribution in [0.2, 0.25) is 0 Å². The van der Waals surface area contributed by atoms with E-state index in [0.717, 1.165) is 11.4 Å². The van der Waals surface area contributed by atoms with Gasteiger partial charge in [0.1, 0.15) is 0 Å². The molecule has 2 rings (SSSR count). The van der Waals surface area contributed by atoms with Crippen molar-refractivity contribution in [2.45, 2.75) is 67.0 Å². The Balaban J connectivity index is -0.0000000876. The summed E-state index contributed by atoms with van der Waals surface area (Å²) >= 11 is 0. The first-order chi connectivity index (χ1) is 18.8. The van der Waals surface area contributed by atoms with E-state index in [-0.39, 0.29) is 141 Å². The van der Waals surface area contributed by atoms with Crippen molar-refractivity contribution in [3.63, 3.8) is 0 Å². The molecule has 1 N–H and O–H groups in total. The van der Waals surface area contributed by atoms with Crippen LogP contribution in [-0.2, 0) is 38.5 Å². The van der Waals surface area contributed by atoms with Gasteiger partial charge >= 0.3 is 127 Å². The van der Waals surface area contributed by atoms with Crippen LogP contribution < -0.4 is 108 Å². The molecule has 0 aromatic heterocycles. The molecule has 0 saturated carbocycles. The number of likely N-dealkylation sites (tertiary alicyclic amines) is 1. The summed E-state index contributed by atoms with van der Waals surface area (Å²) in [6, 6.07) is 0. The van der Waals surface area contributed by atoms with E-state index in [0.29, 0.717) is 18.5 Å². The van der Waals surface area contributed by atoms with Crippen LogP contribution in [0, 0.1) is 10.8 Å². The molecule has 1 amide bonds. The Bertz CT molecular complexity index is 722. The van der Waals surface area contributed by atoms with Crippen molar-refractivity contribution in [1.29, 1.82) is 0 Å². The normalized spacial score (nSPS) is 14.7. The molecule has 2 fully saturated rings. The average Bonchev–Trinajstić information content (AvgIpc) is 2.84. The molecule has 0 aliphatic carbocycles. The van der Waals surface area contributed by atoms with E-state index in [4.69, 9.17) is 34.5 Å². The van der Waals surface area contributed by atoms with E-state index in [1.54, 1.807) is 0 Å². The summed E-state index contributed by atoms with van der Waals surface area (Å²) in [6.07, 6.45) is 0.0268. The molecule has 0 radical (unpaired) electrons. The minimum absolute atomic E-state index is 0. The van der Waals surface area contributed by atoms with Gasteiger partial charge in [0, 0.05) is 39.3 Å². The number of carbonyl (C=O) groups excluding carboxylic acids is 6. The van der Waals surface area contributed by atoms with Crippen molar-refractivity contribution in [2.75, 3.05) is 59.5 Å². The van der Waals surface area contributed by atoms with Crippen molar-refractivity contribution in [1.82, 2.24) is 14.7 Å². The molecule has 244 valence electrons. The minimum atomic E-state index is -4.74. The molecule has 2 heterocycles. The summed E-state index contributed by atoms with van der Waals surface area (Å²) in [6.45, 7) is 19.1. The summed E-state index contributed by atoms with van der Waals surface area (Å²) in [7, 11) is 1.18. The van der Waals surface area contributed by atoms with Gasteiger partial charge in [-0.2, -0.15) is 32.3 Å². The van der Waals surface area contributed by atoms with Crippen LogP contribution in [0.4, 0.5) is 13.2 Å². The van der Waals surface area contributed by atoms with Gasteiger partial charge in [0.05, 0.1) is 7.11 Å². The predicted molar refractivity (Wildman–Crippen MR) is 136 cm³/mol. The van der Waals surface area contributed by atoms with Crippen molar-refractivity contribution in [2.24, 2.45) is 10.8 Å². The Labute approximate surface area is 338 Å². The number of carbonyl (C=O) groups is 2. The smallest absolute Gasteiger partial charge is 1.00 e. The van der Waals surface area contributed by atoms with E-state index in [1.165, 1.54) is 46.0 Å². The first kappa shape index (κ1) is 55.9. The van der Waals surface area contributed by atoms with Gasteiger partial charge in [-0.15, -0.1) is 0 Å². The van der Waals surface area contributed by atoms with Crippen molar-refractivity contribution >= 4 is 24.7 Å². The van der Waals surface area contributed by atoms with Crippen molar-refractivity contribution in [3.05, 3.63) is 0 Å². The monoisotopic (exact) mass is 683 g/mol. The SMILES string of the molecule is CC(C)(C)CN1CCCCC1.CC(C)(C)CN1CCN(C(=O)C(F)(F)F)CC1.COO.O=C=O.O=C=O.O=CO[O-].[H-].[K+].[K+]. The van der Waals surface area contributed by atoms with Gasteiger partial charge in [0.2, 0.25) is 0 Å². The van der Waals surface area contributed by atoms with Crippen LogP contribution in [0.5, 0.6) is 0 Å². The minimum Gasteiger partial charge on any atom is -1.00 e. The summed E-state index contributed by atoms with van der Waals surface area (Å²) in [5.74, 6) is -1.71. The summed E-state index contributed by atoms with van der Waals surface area (Å²) in [4.78, 5) is 63.6. The number of piperidine rings is 1. The second kappa shape index (κ2) is 33.9. The molecule has 43 heavy (non-hydrogen) atoms. The number of amides is 1. The van der Waals surface area contributed by atoms with Gasteiger partial charge in [-0.25, -0.2) is 4.89 Å². The molecule has 0 spiro atoms. The third-order valence-corrected chi connectivity index (χ3v) is 4.79. The van der Waals surface area contributed by atoms with E-state index in [9.17, 15) is 18.0 Å². The molecule has 2 aliphatic rings. The molecule has 0 aromatic rings. The van der Waals surface area contributed by atoms with Gasteiger partial charge in [0.15, 0.2) is 0 Å². The third kappa shape index (κ3) is 44.7. The second-order valence-corrected chi connectivity index (χ2v) is 11.1. The molecule has 0 atom stereocenters. The molecule has 0 unspecified atom stereocenters. The Morgan fingerprint density at radius 1 is 0.814 bits per heavy atom. The summed E-state index contributed by atoms with van der Waals surface area (Å²) in [5, 5.41) is 15.5. The zero-order valence-electron chi connectivity index (χ0n) is 28.0. The zero-order valence-corrected chi connectivity index (χ0v) is 33.2. The van der Waals surface area contributed by atoms with Crippen LogP contribution in [0.3, 0.4) is 0 Å². The van der Waals surface area contributed by atoms with Crippen molar-refractivity contribution < 1.29 is 166 Å². The quantitative estimate of drug-likeness (QED) is 0.132. The Kier molecular flexibility index (Phi) is 44.1. The average molecular weight is 684 g/mol. The van der Waals surface area contributed by atoms with Gasteiger partial charge in [-0.3, -0.25) is 19.7 Å². The molecule has 0 aromatic carbocycles. The Morgan fingerprint density at radius 3 is 1.33 bits per heavy atom.